The molecule has 0 atom stereocenters. The normalized spacial score (nSPS) is 18.9. The number of rotatable bonds is 9. The van der Waals surface area contributed by atoms with E-state index in [2.05, 4.69) is 46.4 Å². The summed E-state index contributed by atoms with van der Waals surface area (Å²) < 4.78 is 0. The first kappa shape index (κ1) is 22.1. The van der Waals surface area contributed by atoms with E-state index in [9.17, 15) is 4.79 Å². The molecule has 174 valence electrons. The second-order valence-electron chi connectivity index (χ2n) is 9.97. The largest absolute Gasteiger partial charge is 0.354 e. The fourth-order valence-corrected chi connectivity index (χ4v) is 5.02. The molecule has 5 nitrogen and oxygen atoms in total. The van der Waals surface area contributed by atoms with Crippen LogP contribution in [0.1, 0.15) is 48.5 Å². The van der Waals surface area contributed by atoms with Crippen LogP contribution in [0.3, 0.4) is 0 Å². The van der Waals surface area contributed by atoms with Crippen molar-refractivity contribution in [3.8, 4) is 11.1 Å². The number of aromatic nitrogens is 1. The van der Waals surface area contributed by atoms with Crippen LogP contribution in [-0.2, 0) is 0 Å². The van der Waals surface area contributed by atoms with Gasteiger partial charge in [-0.05, 0) is 86.8 Å². The number of aldehydes is 1. The van der Waals surface area contributed by atoms with Crippen LogP contribution in [0.2, 0.25) is 0 Å². The number of carbonyl (C=O) groups excluding carboxylic acids is 1. The average Bonchev–Trinajstić information content (AvgIpc) is 3.76. The van der Waals surface area contributed by atoms with Crippen molar-refractivity contribution >= 4 is 17.8 Å². The molecule has 5 heteroatoms. The van der Waals surface area contributed by atoms with E-state index >= 15 is 0 Å². The Bertz CT molecular complexity index is 1010. The van der Waals surface area contributed by atoms with E-state index in [0.717, 1.165) is 78.7 Å². The Hall–Kier alpha value is -2.66. The Kier molecular flexibility index (Phi) is 6.24. The van der Waals surface area contributed by atoms with E-state index in [4.69, 9.17) is 4.98 Å². The number of benzene rings is 1. The van der Waals surface area contributed by atoms with Crippen LogP contribution < -0.4 is 9.80 Å². The van der Waals surface area contributed by atoms with E-state index in [1.165, 1.54) is 37.9 Å². The predicted molar refractivity (Wildman–Crippen MR) is 136 cm³/mol. The maximum absolute atomic E-state index is 11.9. The minimum absolute atomic E-state index is 0.582. The Morgan fingerprint density at radius 2 is 1.88 bits per heavy atom. The highest BCUT2D eigenvalue weighted by Crippen LogP contribution is 2.41. The molecule has 1 aliphatic heterocycles. The molecule has 1 saturated heterocycles. The first-order valence-electron chi connectivity index (χ1n) is 12.6. The van der Waals surface area contributed by atoms with Crippen molar-refractivity contribution in [1.82, 2.24) is 9.88 Å². The van der Waals surface area contributed by atoms with Gasteiger partial charge in [-0.25, -0.2) is 4.98 Å². The van der Waals surface area contributed by atoms with E-state index in [-0.39, 0.29) is 0 Å². The highest BCUT2D eigenvalue weighted by molar-refractivity contribution is 5.86. The lowest BCUT2D eigenvalue weighted by atomic mass is 9.98. The third-order valence-corrected chi connectivity index (χ3v) is 7.54. The van der Waals surface area contributed by atoms with Gasteiger partial charge in [0.2, 0.25) is 0 Å². The van der Waals surface area contributed by atoms with Gasteiger partial charge in [0.05, 0.1) is 0 Å². The van der Waals surface area contributed by atoms with Gasteiger partial charge in [0.25, 0.3) is 0 Å². The summed E-state index contributed by atoms with van der Waals surface area (Å²) >= 11 is 0. The summed E-state index contributed by atoms with van der Waals surface area (Å²) in [4.78, 5) is 24.0. The van der Waals surface area contributed by atoms with Gasteiger partial charge in [-0.3, -0.25) is 9.69 Å². The van der Waals surface area contributed by atoms with Gasteiger partial charge in [0.15, 0.2) is 0 Å². The van der Waals surface area contributed by atoms with Crippen molar-refractivity contribution in [2.24, 2.45) is 11.8 Å². The number of hydrogen-bond acceptors (Lipinski definition) is 5. The number of anilines is 2. The Morgan fingerprint density at radius 3 is 2.45 bits per heavy atom. The minimum atomic E-state index is 0.582. The molecular formula is C28H36N4O. The van der Waals surface area contributed by atoms with Crippen LogP contribution in [0, 0.1) is 18.8 Å². The number of piperazine rings is 1. The molecule has 1 aromatic carbocycles. The SMILES string of the molecule is C=C(C1CC1)N(CC)c1cc(-c2ccc(N3CCN(CC4CC4)CC3)nc2)cc(C=O)c1C. The van der Waals surface area contributed by atoms with E-state index in [0.29, 0.717) is 5.92 Å². The van der Waals surface area contributed by atoms with Crippen molar-refractivity contribution in [2.45, 2.75) is 39.5 Å². The molecule has 3 fully saturated rings. The van der Waals surface area contributed by atoms with Crippen LogP contribution in [0.4, 0.5) is 11.5 Å². The summed E-state index contributed by atoms with van der Waals surface area (Å²) in [5.41, 5.74) is 6.09. The zero-order valence-corrected chi connectivity index (χ0v) is 20.1. The highest BCUT2D eigenvalue weighted by Gasteiger charge is 2.29. The van der Waals surface area contributed by atoms with Crippen LogP contribution in [0.25, 0.3) is 11.1 Å². The van der Waals surface area contributed by atoms with E-state index < -0.39 is 0 Å². The van der Waals surface area contributed by atoms with Crippen molar-refractivity contribution in [2.75, 3.05) is 49.1 Å². The third kappa shape index (κ3) is 4.84. The molecule has 2 aliphatic carbocycles. The van der Waals surface area contributed by atoms with Gasteiger partial charge >= 0.3 is 0 Å². The summed E-state index contributed by atoms with van der Waals surface area (Å²) in [7, 11) is 0. The Morgan fingerprint density at radius 1 is 1.12 bits per heavy atom. The standard InChI is InChI=1S/C28H36N4O/c1-4-32(21(3)23-7-8-23)27-16-25(15-26(19-33)20(27)2)24-9-10-28(29-17-24)31-13-11-30(12-14-31)18-22-5-6-22/h9-10,15-17,19,22-23H,3-8,11-14,18H2,1-2H3. The quantitative estimate of drug-likeness (QED) is 0.500. The van der Waals surface area contributed by atoms with Gasteiger partial charge in [0.1, 0.15) is 12.1 Å². The number of hydrogen-bond donors (Lipinski definition) is 0. The monoisotopic (exact) mass is 444 g/mol. The zero-order chi connectivity index (χ0) is 22.9. The molecule has 3 aliphatic rings. The molecule has 1 aromatic heterocycles. The summed E-state index contributed by atoms with van der Waals surface area (Å²) in [5.74, 6) is 2.58. The smallest absolute Gasteiger partial charge is 0.150 e. The minimum Gasteiger partial charge on any atom is -0.354 e. The molecule has 0 amide bonds. The fraction of sp³-hybridized carbons (Fsp3) is 0.500. The number of pyridine rings is 1. The molecule has 0 bridgehead atoms. The van der Waals surface area contributed by atoms with Crippen molar-refractivity contribution in [3.63, 3.8) is 0 Å². The van der Waals surface area contributed by atoms with Gasteiger partial charge in [-0.15, -0.1) is 0 Å². The lowest BCUT2D eigenvalue weighted by Crippen LogP contribution is -2.47. The molecule has 0 N–H and O–H groups in total. The van der Waals surface area contributed by atoms with Gasteiger partial charge < -0.3 is 9.80 Å². The van der Waals surface area contributed by atoms with Gasteiger partial charge in [-0.1, -0.05) is 6.58 Å². The lowest BCUT2D eigenvalue weighted by Gasteiger charge is -2.35. The Balaban J connectivity index is 1.35. The maximum atomic E-state index is 11.9. The molecule has 0 radical (unpaired) electrons. The molecule has 5 rings (SSSR count). The lowest BCUT2D eigenvalue weighted by molar-refractivity contribution is 0.112. The second-order valence-corrected chi connectivity index (χ2v) is 9.97. The average molecular weight is 445 g/mol. The number of carbonyl (C=O) groups is 1. The summed E-state index contributed by atoms with van der Waals surface area (Å²) in [6, 6.07) is 8.47. The molecule has 2 saturated carbocycles. The van der Waals surface area contributed by atoms with Crippen molar-refractivity contribution in [3.05, 3.63) is 53.9 Å². The van der Waals surface area contributed by atoms with Crippen LogP contribution in [-0.4, -0.2) is 55.4 Å². The maximum Gasteiger partial charge on any atom is 0.150 e. The van der Waals surface area contributed by atoms with Crippen molar-refractivity contribution in [1.29, 1.82) is 0 Å². The highest BCUT2D eigenvalue weighted by atomic mass is 16.1. The number of nitrogens with zero attached hydrogens (tertiary/aromatic N) is 4. The summed E-state index contributed by atoms with van der Waals surface area (Å²) in [6.45, 7) is 15.0. The summed E-state index contributed by atoms with van der Waals surface area (Å²) in [5, 5.41) is 0. The van der Waals surface area contributed by atoms with Crippen LogP contribution in [0.5, 0.6) is 0 Å². The van der Waals surface area contributed by atoms with Crippen LogP contribution in [0.15, 0.2) is 42.7 Å². The fourth-order valence-electron chi connectivity index (χ4n) is 5.02. The van der Waals surface area contributed by atoms with Gasteiger partial charge in [0, 0.05) is 68.0 Å². The molecule has 0 unspecified atom stereocenters. The van der Waals surface area contributed by atoms with E-state index in [1.54, 1.807) is 0 Å². The van der Waals surface area contributed by atoms with Gasteiger partial charge in [-0.2, -0.15) is 0 Å². The second kappa shape index (κ2) is 9.30. The zero-order valence-electron chi connectivity index (χ0n) is 20.1. The molecule has 2 aromatic rings. The first-order valence-corrected chi connectivity index (χ1v) is 12.6. The number of allylic oxidation sites excluding steroid dienone is 1. The summed E-state index contributed by atoms with van der Waals surface area (Å²) in [6.07, 6.45) is 8.20. The van der Waals surface area contributed by atoms with Crippen molar-refractivity contribution < 1.29 is 4.79 Å². The molecular weight excluding hydrogens is 408 g/mol. The van der Waals surface area contributed by atoms with Crippen LogP contribution >= 0.6 is 0 Å². The Labute approximate surface area is 198 Å². The predicted octanol–water partition coefficient (Wildman–Crippen LogP) is 5.15. The topological polar surface area (TPSA) is 39.7 Å². The first-order chi connectivity index (χ1) is 16.1. The van der Waals surface area contributed by atoms with E-state index in [1.807, 2.05) is 19.2 Å². The molecule has 0 spiro atoms. The third-order valence-electron chi connectivity index (χ3n) is 7.54. The molecule has 2 heterocycles. The molecule has 33 heavy (non-hydrogen) atoms.